The topological polar surface area (TPSA) is 129 Å². The van der Waals surface area contributed by atoms with E-state index in [9.17, 15) is 19.5 Å². The third-order valence-corrected chi connectivity index (χ3v) is 5.86. The SMILES string of the molecule is CCn1c(SCC(=O)Nc2ccc(C(=O)[O-])cc2)nnc1[C@H](C)NC(=O)c1ccc(Cl)cc1. The summed E-state index contributed by atoms with van der Waals surface area (Å²) < 4.78 is 1.83. The van der Waals surface area contributed by atoms with Crippen LogP contribution in [0.2, 0.25) is 5.02 Å². The van der Waals surface area contributed by atoms with Gasteiger partial charge >= 0.3 is 0 Å². The number of aromatic nitrogens is 3. The van der Waals surface area contributed by atoms with E-state index >= 15 is 0 Å². The minimum Gasteiger partial charge on any atom is -0.545 e. The van der Waals surface area contributed by atoms with Crippen LogP contribution in [0.1, 0.15) is 46.4 Å². The summed E-state index contributed by atoms with van der Waals surface area (Å²) in [5.74, 6) is -1.18. The normalized spacial score (nSPS) is 11.6. The third-order valence-electron chi connectivity index (χ3n) is 4.64. The first-order chi connectivity index (χ1) is 15.8. The fourth-order valence-corrected chi connectivity index (χ4v) is 3.92. The maximum absolute atomic E-state index is 12.5. The molecule has 0 radical (unpaired) electrons. The average molecular weight is 487 g/mol. The summed E-state index contributed by atoms with van der Waals surface area (Å²) in [6, 6.07) is 11.9. The Bertz CT molecular complexity index is 1150. The summed E-state index contributed by atoms with van der Waals surface area (Å²) in [5, 5.41) is 25.8. The van der Waals surface area contributed by atoms with Gasteiger partial charge in [0.2, 0.25) is 5.91 Å². The Morgan fingerprint density at radius 1 is 1.06 bits per heavy atom. The van der Waals surface area contributed by atoms with E-state index < -0.39 is 12.0 Å². The molecule has 0 aliphatic carbocycles. The molecule has 1 atom stereocenters. The molecule has 3 rings (SSSR count). The number of rotatable bonds is 9. The van der Waals surface area contributed by atoms with Gasteiger partial charge < -0.3 is 25.1 Å². The van der Waals surface area contributed by atoms with Crippen LogP contribution in [-0.2, 0) is 11.3 Å². The molecule has 33 heavy (non-hydrogen) atoms. The largest absolute Gasteiger partial charge is 0.545 e. The number of anilines is 1. The first-order valence-electron chi connectivity index (χ1n) is 10.0. The van der Waals surface area contributed by atoms with Crippen molar-refractivity contribution in [1.82, 2.24) is 20.1 Å². The highest BCUT2D eigenvalue weighted by atomic mass is 35.5. The number of benzene rings is 2. The van der Waals surface area contributed by atoms with Crippen molar-refractivity contribution in [3.63, 3.8) is 0 Å². The number of thioether (sulfide) groups is 1. The van der Waals surface area contributed by atoms with Crippen molar-refractivity contribution in [2.75, 3.05) is 11.1 Å². The Morgan fingerprint density at radius 2 is 1.70 bits per heavy atom. The van der Waals surface area contributed by atoms with Crippen LogP contribution in [0, 0.1) is 0 Å². The molecule has 0 bridgehead atoms. The molecule has 0 unspecified atom stereocenters. The van der Waals surface area contributed by atoms with Gasteiger partial charge in [0, 0.05) is 22.8 Å². The van der Waals surface area contributed by atoms with Crippen LogP contribution in [0.25, 0.3) is 0 Å². The third kappa shape index (κ3) is 6.33. The lowest BCUT2D eigenvalue weighted by Crippen LogP contribution is -2.28. The van der Waals surface area contributed by atoms with Crippen molar-refractivity contribution >= 4 is 46.8 Å². The Kier molecular flexibility index (Phi) is 8.07. The van der Waals surface area contributed by atoms with Gasteiger partial charge in [-0.15, -0.1) is 10.2 Å². The summed E-state index contributed by atoms with van der Waals surface area (Å²) >= 11 is 7.08. The zero-order valence-corrected chi connectivity index (χ0v) is 19.4. The van der Waals surface area contributed by atoms with E-state index in [1.807, 2.05) is 11.5 Å². The van der Waals surface area contributed by atoms with E-state index in [0.717, 1.165) is 0 Å². The van der Waals surface area contributed by atoms with Crippen molar-refractivity contribution in [3.8, 4) is 0 Å². The van der Waals surface area contributed by atoms with Crippen molar-refractivity contribution in [2.24, 2.45) is 0 Å². The van der Waals surface area contributed by atoms with Gasteiger partial charge in [-0.3, -0.25) is 9.59 Å². The number of nitrogens with zero attached hydrogens (tertiary/aromatic N) is 3. The number of halogens is 1. The Hall–Kier alpha value is -3.37. The average Bonchev–Trinajstić information content (AvgIpc) is 3.21. The Balaban J connectivity index is 1.60. The van der Waals surface area contributed by atoms with Gasteiger partial charge in [0.1, 0.15) is 0 Å². The Morgan fingerprint density at radius 3 is 2.30 bits per heavy atom. The quantitative estimate of drug-likeness (QED) is 0.444. The zero-order chi connectivity index (χ0) is 24.0. The highest BCUT2D eigenvalue weighted by Crippen LogP contribution is 2.21. The highest BCUT2D eigenvalue weighted by molar-refractivity contribution is 7.99. The lowest BCUT2D eigenvalue weighted by Gasteiger charge is -2.15. The molecule has 1 heterocycles. The molecule has 2 amide bonds. The van der Waals surface area contributed by atoms with E-state index in [1.165, 1.54) is 36.0 Å². The van der Waals surface area contributed by atoms with Crippen LogP contribution in [0.5, 0.6) is 0 Å². The van der Waals surface area contributed by atoms with Crippen molar-refractivity contribution in [1.29, 1.82) is 0 Å². The van der Waals surface area contributed by atoms with E-state index in [4.69, 9.17) is 11.6 Å². The maximum Gasteiger partial charge on any atom is 0.251 e. The number of aromatic carboxylic acids is 1. The maximum atomic E-state index is 12.5. The molecule has 0 fully saturated rings. The van der Waals surface area contributed by atoms with Crippen LogP contribution in [0.4, 0.5) is 5.69 Å². The van der Waals surface area contributed by atoms with Gasteiger partial charge in [-0.25, -0.2) is 0 Å². The van der Waals surface area contributed by atoms with Gasteiger partial charge in [-0.1, -0.05) is 35.5 Å². The van der Waals surface area contributed by atoms with E-state index in [1.54, 1.807) is 31.2 Å². The van der Waals surface area contributed by atoms with Gasteiger partial charge in [0.15, 0.2) is 11.0 Å². The number of carbonyl (C=O) groups excluding carboxylic acids is 3. The second-order valence-corrected chi connectivity index (χ2v) is 8.37. The number of hydrogen-bond acceptors (Lipinski definition) is 7. The molecule has 2 N–H and O–H groups in total. The van der Waals surface area contributed by atoms with E-state index in [-0.39, 0.29) is 23.1 Å². The molecule has 3 aromatic rings. The van der Waals surface area contributed by atoms with Crippen LogP contribution in [-0.4, -0.2) is 38.3 Å². The summed E-state index contributed by atoms with van der Waals surface area (Å²) in [5.41, 5.74) is 0.984. The summed E-state index contributed by atoms with van der Waals surface area (Å²) in [7, 11) is 0. The zero-order valence-electron chi connectivity index (χ0n) is 17.9. The molecule has 2 aromatic carbocycles. The molecule has 0 aliphatic rings. The lowest BCUT2D eigenvalue weighted by atomic mass is 10.2. The minimum absolute atomic E-state index is 0.0308. The highest BCUT2D eigenvalue weighted by Gasteiger charge is 2.20. The van der Waals surface area contributed by atoms with Crippen molar-refractivity contribution < 1.29 is 19.5 Å². The fourth-order valence-electron chi connectivity index (χ4n) is 2.99. The second-order valence-electron chi connectivity index (χ2n) is 6.99. The van der Waals surface area contributed by atoms with Crippen LogP contribution < -0.4 is 15.7 Å². The number of hydrogen-bond donors (Lipinski definition) is 2. The standard InChI is InChI=1S/C22H22ClN5O4S/c1-3-28-19(13(2)24-20(30)14-4-8-16(23)9-5-14)26-27-22(28)33-12-18(29)25-17-10-6-15(7-11-17)21(31)32/h4-11,13H,3,12H2,1-2H3,(H,24,30)(H,25,29)(H,31,32)/p-1/t13-/m0/s1. The van der Waals surface area contributed by atoms with Gasteiger partial charge in [0.05, 0.1) is 17.8 Å². The molecule has 11 heteroatoms. The van der Waals surface area contributed by atoms with Crippen LogP contribution >= 0.6 is 23.4 Å². The molecular weight excluding hydrogens is 466 g/mol. The number of carboxylic acids is 1. The van der Waals surface area contributed by atoms with Crippen molar-refractivity contribution in [2.45, 2.75) is 31.6 Å². The summed E-state index contributed by atoms with van der Waals surface area (Å²) in [6.07, 6.45) is 0. The monoisotopic (exact) mass is 486 g/mol. The predicted molar refractivity (Wildman–Crippen MR) is 123 cm³/mol. The number of carbonyl (C=O) groups is 3. The lowest BCUT2D eigenvalue weighted by molar-refractivity contribution is -0.255. The smallest absolute Gasteiger partial charge is 0.251 e. The number of amides is 2. The Labute approximate surface area is 199 Å². The number of carboxylic acid groups (broad SMARTS) is 1. The van der Waals surface area contributed by atoms with Crippen LogP contribution in [0.15, 0.2) is 53.7 Å². The molecule has 0 saturated heterocycles. The summed E-state index contributed by atoms with van der Waals surface area (Å²) in [4.78, 5) is 35.6. The molecular formula is C22H21ClN5O4S-. The summed E-state index contributed by atoms with van der Waals surface area (Å²) in [6.45, 7) is 4.28. The van der Waals surface area contributed by atoms with Gasteiger partial charge in [0.25, 0.3) is 5.91 Å². The van der Waals surface area contributed by atoms with Gasteiger partial charge in [-0.2, -0.15) is 0 Å². The van der Waals surface area contributed by atoms with E-state index in [0.29, 0.717) is 33.8 Å². The molecule has 0 spiro atoms. The molecule has 0 aliphatic heterocycles. The van der Waals surface area contributed by atoms with Crippen LogP contribution in [0.3, 0.4) is 0 Å². The second kappa shape index (κ2) is 11.0. The van der Waals surface area contributed by atoms with E-state index in [2.05, 4.69) is 20.8 Å². The van der Waals surface area contributed by atoms with Crippen molar-refractivity contribution in [3.05, 3.63) is 70.5 Å². The van der Waals surface area contributed by atoms with Gasteiger partial charge in [-0.05, 0) is 55.8 Å². The first kappa shape index (κ1) is 24.3. The molecule has 172 valence electrons. The molecule has 1 aromatic heterocycles. The minimum atomic E-state index is -1.28. The number of nitrogens with one attached hydrogen (secondary N) is 2. The molecule has 9 nitrogen and oxygen atoms in total. The molecule has 0 saturated carbocycles. The predicted octanol–water partition coefficient (Wildman–Crippen LogP) is 2.54. The fraction of sp³-hybridized carbons (Fsp3) is 0.227. The first-order valence-corrected chi connectivity index (χ1v) is 11.4.